The van der Waals surface area contributed by atoms with Gasteiger partial charge in [0.15, 0.2) is 10.8 Å². The summed E-state index contributed by atoms with van der Waals surface area (Å²) in [5.74, 6) is 0.366. The maximum Gasteiger partial charge on any atom is 0.434 e. The number of likely N-dealkylation sites (tertiary alicyclic amines) is 1. The van der Waals surface area contributed by atoms with Gasteiger partial charge >= 0.3 is 6.18 Å². The van der Waals surface area contributed by atoms with Crippen LogP contribution in [-0.4, -0.2) is 59.9 Å². The summed E-state index contributed by atoms with van der Waals surface area (Å²) in [5, 5.41) is 11.6. The average Bonchev–Trinajstić information content (AvgIpc) is 3.12. The molecule has 2 aliphatic heterocycles. The summed E-state index contributed by atoms with van der Waals surface area (Å²) >= 11 is 2.97. The number of rotatable bonds is 6. The summed E-state index contributed by atoms with van der Waals surface area (Å²) in [6.45, 7) is 3.67. The van der Waals surface area contributed by atoms with Crippen molar-refractivity contribution in [3.63, 3.8) is 0 Å². The summed E-state index contributed by atoms with van der Waals surface area (Å²) in [6.07, 6.45) is 0.0294. The predicted octanol–water partition coefficient (Wildman–Crippen LogP) is 3.96. The minimum atomic E-state index is -4.39. The summed E-state index contributed by atoms with van der Waals surface area (Å²) in [4.78, 5) is 8.13. The standard InChI is InChI=1S/C17H25F3IN3O2S/c18-17(19,20)15-11-27-16(22-15)23-6-1-2-12(8-23)9-24-10-14(25)4-3-13(24)5-7-26-21/h11-14,25H,1-10H2/t12-,13+,14-/m1/s1. The molecule has 2 aliphatic rings. The van der Waals surface area contributed by atoms with E-state index in [0.717, 1.165) is 61.9 Å². The van der Waals surface area contributed by atoms with Gasteiger partial charge in [0.25, 0.3) is 0 Å². The molecule has 2 saturated heterocycles. The Hall–Kier alpha value is -0.170. The number of β-amino-alcohol motifs (C(OH)–C–C–N with tert-alkyl or cyclic N) is 1. The Morgan fingerprint density at radius 2 is 2.11 bits per heavy atom. The van der Waals surface area contributed by atoms with Crippen molar-refractivity contribution in [3.8, 4) is 0 Å². The third-order valence-electron chi connectivity index (χ3n) is 5.39. The van der Waals surface area contributed by atoms with E-state index in [-0.39, 0.29) is 6.10 Å². The highest BCUT2D eigenvalue weighted by Gasteiger charge is 2.35. The van der Waals surface area contributed by atoms with Crippen LogP contribution in [0.25, 0.3) is 0 Å². The molecule has 3 heterocycles. The van der Waals surface area contributed by atoms with Gasteiger partial charge in [-0.1, -0.05) is 0 Å². The number of anilines is 1. The summed E-state index contributed by atoms with van der Waals surface area (Å²) in [7, 11) is 0. The molecule has 3 rings (SSSR count). The van der Waals surface area contributed by atoms with Crippen LogP contribution in [-0.2, 0) is 9.24 Å². The minimum Gasteiger partial charge on any atom is -0.392 e. The second-order valence-electron chi connectivity index (χ2n) is 7.41. The first kappa shape index (κ1) is 21.5. The number of alkyl halides is 3. The largest absolute Gasteiger partial charge is 0.434 e. The number of halogens is 4. The summed E-state index contributed by atoms with van der Waals surface area (Å²) < 4.78 is 43.6. The molecule has 5 nitrogen and oxygen atoms in total. The lowest BCUT2D eigenvalue weighted by atomic mass is 9.93. The molecule has 0 bridgehead atoms. The van der Waals surface area contributed by atoms with Gasteiger partial charge in [0.1, 0.15) is 23.0 Å². The first-order chi connectivity index (χ1) is 12.9. The van der Waals surface area contributed by atoms with E-state index in [0.29, 0.717) is 36.8 Å². The van der Waals surface area contributed by atoms with E-state index in [2.05, 4.69) is 9.88 Å². The molecule has 0 spiro atoms. The Morgan fingerprint density at radius 1 is 1.30 bits per heavy atom. The molecule has 2 fully saturated rings. The molecule has 3 atom stereocenters. The lowest BCUT2D eigenvalue weighted by Crippen LogP contribution is -2.50. The highest BCUT2D eigenvalue weighted by Crippen LogP contribution is 2.34. The van der Waals surface area contributed by atoms with Gasteiger partial charge in [-0.05, 0) is 38.0 Å². The van der Waals surface area contributed by atoms with Crippen LogP contribution in [0.5, 0.6) is 0 Å². The first-order valence-corrected chi connectivity index (χ1v) is 11.1. The SMILES string of the molecule is O[C@@H]1CC[C@@H](CCOI)N(C[C@@H]2CCCN(c3nc(C(F)(F)F)cs3)C2)C1. The molecule has 0 aromatic carbocycles. The minimum absolute atomic E-state index is 0.297. The highest BCUT2D eigenvalue weighted by molar-refractivity contribution is 14.1. The molecule has 0 amide bonds. The quantitative estimate of drug-likeness (QED) is 0.577. The van der Waals surface area contributed by atoms with Crippen molar-refractivity contribution < 1.29 is 21.3 Å². The van der Waals surface area contributed by atoms with Gasteiger partial charge in [-0.2, -0.15) is 13.2 Å². The van der Waals surface area contributed by atoms with Gasteiger partial charge in [-0.25, -0.2) is 4.98 Å². The van der Waals surface area contributed by atoms with Gasteiger partial charge in [0, 0.05) is 37.6 Å². The number of aliphatic hydroxyl groups excluding tert-OH is 1. The lowest BCUT2D eigenvalue weighted by Gasteiger charge is -2.42. The number of piperidine rings is 2. The molecular formula is C17H25F3IN3O2S. The zero-order valence-corrected chi connectivity index (χ0v) is 18.0. The molecule has 0 unspecified atom stereocenters. The normalized spacial score (nSPS) is 27.9. The fourth-order valence-corrected chi connectivity index (χ4v) is 5.19. The van der Waals surface area contributed by atoms with Crippen LogP contribution in [0.1, 0.15) is 37.8 Å². The second-order valence-corrected chi connectivity index (χ2v) is 8.87. The van der Waals surface area contributed by atoms with Crippen LogP contribution in [0.3, 0.4) is 0 Å². The van der Waals surface area contributed by atoms with Crippen LogP contribution in [0.4, 0.5) is 18.3 Å². The molecule has 27 heavy (non-hydrogen) atoms. The van der Waals surface area contributed by atoms with E-state index in [1.54, 1.807) is 0 Å². The van der Waals surface area contributed by atoms with Crippen LogP contribution in [0.2, 0.25) is 0 Å². The van der Waals surface area contributed by atoms with E-state index in [1.807, 2.05) is 27.9 Å². The number of aromatic nitrogens is 1. The topological polar surface area (TPSA) is 48.8 Å². The van der Waals surface area contributed by atoms with E-state index in [1.165, 1.54) is 0 Å². The zero-order chi connectivity index (χ0) is 19.4. The van der Waals surface area contributed by atoms with Crippen molar-refractivity contribution in [1.82, 2.24) is 9.88 Å². The van der Waals surface area contributed by atoms with Crippen LogP contribution < -0.4 is 4.90 Å². The van der Waals surface area contributed by atoms with E-state index >= 15 is 0 Å². The van der Waals surface area contributed by atoms with Crippen molar-refractivity contribution in [2.75, 3.05) is 37.7 Å². The third kappa shape index (κ3) is 5.91. The number of nitrogens with zero attached hydrogens (tertiary/aromatic N) is 3. The molecule has 1 N–H and O–H groups in total. The number of hydrogen-bond acceptors (Lipinski definition) is 6. The highest BCUT2D eigenvalue weighted by atomic mass is 127. The van der Waals surface area contributed by atoms with Gasteiger partial charge in [0.05, 0.1) is 12.7 Å². The van der Waals surface area contributed by atoms with E-state index < -0.39 is 11.9 Å². The van der Waals surface area contributed by atoms with Crippen molar-refractivity contribution >= 4 is 39.5 Å². The Labute approximate surface area is 175 Å². The van der Waals surface area contributed by atoms with Crippen molar-refractivity contribution in [1.29, 1.82) is 0 Å². The molecule has 0 saturated carbocycles. The van der Waals surface area contributed by atoms with E-state index in [9.17, 15) is 18.3 Å². The number of aliphatic hydroxyl groups is 1. The Kier molecular flexibility index (Phi) is 7.62. The van der Waals surface area contributed by atoms with Gasteiger partial charge in [-0.3, -0.25) is 4.90 Å². The first-order valence-electron chi connectivity index (χ1n) is 9.30. The predicted molar refractivity (Wildman–Crippen MR) is 107 cm³/mol. The monoisotopic (exact) mass is 519 g/mol. The fraction of sp³-hybridized carbons (Fsp3) is 0.824. The average molecular weight is 519 g/mol. The third-order valence-corrected chi connectivity index (χ3v) is 6.73. The molecule has 154 valence electrons. The molecular weight excluding hydrogens is 494 g/mol. The lowest BCUT2D eigenvalue weighted by molar-refractivity contribution is -0.140. The van der Waals surface area contributed by atoms with E-state index in [4.69, 9.17) is 3.07 Å². The molecule has 10 heteroatoms. The molecule has 0 radical (unpaired) electrons. The second kappa shape index (κ2) is 9.55. The van der Waals surface area contributed by atoms with Gasteiger partial charge in [-0.15, -0.1) is 11.3 Å². The smallest absolute Gasteiger partial charge is 0.392 e. The van der Waals surface area contributed by atoms with Crippen LogP contribution in [0, 0.1) is 5.92 Å². The summed E-state index contributed by atoms with van der Waals surface area (Å²) in [5.41, 5.74) is -0.803. The molecule has 1 aromatic rings. The zero-order valence-electron chi connectivity index (χ0n) is 15.0. The van der Waals surface area contributed by atoms with Crippen molar-refractivity contribution in [2.45, 2.75) is 50.4 Å². The van der Waals surface area contributed by atoms with Crippen LogP contribution >= 0.6 is 34.3 Å². The Morgan fingerprint density at radius 3 is 2.81 bits per heavy atom. The maximum atomic E-state index is 12.8. The van der Waals surface area contributed by atoms with Crippen LogP contribution in [0.15, 0.2) is 5.38 Å². The molecule has 0 aliphatic carbocycles. The molecule has 1 aromatic heterocycles. The Balaban J connectivity index is 1.60. The maximum absolute atomic E-state index is 12.8. The summed E-state index contributed by atoms with van der Waals surface area (Å²) in [6, 6.07) is 0.398. The van der Waals surface area contributed by atoms with Gasteiger partial charge < -0.3 is 13.1 Å². The number of hydrogen-bond donors (Lipinski definition) is 1. The number of thiazole rings is 1. The Bertz CT molecular complexity index is 602. The van der Waals surface area contributed by atoms with Crippen molar-refractivity contribution in [2.24, 2.45) is 5.92 Å². The van der Waals surface area contributed by atoms with Crippen molar-refractivity contribution in [3.05, 3.63) is 11.1 Å². The van der Waals surface area contributed by atoms with Gasteiger partial charge in [0.2, 0.25) is 0 Å². The fourth-order valence-electron chi connectivity index (χ4n) is 4.07.